The van der Waals surface area contributed by atoms with Crippen LogP contribution in [0.15, 0.2) is 17.4 Å². The van der Waals surface area contributed by atoms with Gasteiger partial charge in [0.1, 0.15) is 6.54 Å². The molecule has 0 aromatic heterocycles. The molecule has 7 heteroatoms. The Bertz CT molecular complexity index is 401. The smallest absolute Gasteiger partial charge is 0.184 e. The topological polar surface area (TPSA) is 65.4 Å². The average Bonchev–Trinajstić information content (AvgIpc) is 2.68. The third-order valence-electron chi connectivity index (χ3n) is 2.21. The quantitative estimate of drug-likeness (QED) is 0.433. The molecule has 1 aliphatic rings. The minimum absolute atomic E-state index is 0.459. The van der Waals surface area contributed by atoms with Gasteiger partial charge in [-0.15, -0.1) is 5.43 Å². The van der Waals surface area contributed by atoms with Gasteiger partial charge in [-0.05, 0) is 12.1 Å². The molecule has 0 aliphatic carbocycles. The largest absolute Gasteiger partial charge is 0.399 e. The van der Waals surface area contributed by atoms with Gasteiger partial charge in [0.15, 0.2) is 12.4 Å². The number of rotatable bonds is 2. The maximum Gasteiger partial charge on any atom is 0.184 e. The van der Waals surface area contributed by atoms with Gasteiger partial charge in [0.05, 0.1) is 15.3 Å². The fraction of sp³-hybridized carbons (Fsp3) is 0.333. The normalized spacial score (nSPS) is 18.0. The number of benzene rings is 1. The van der Waals surface area contributed by atoms with Crippen molar-refractivity contribution in [2.75, 3.05) is 30.9 Å². The molecule has 0 unspecified atom stereocenters. The molecule has 2 rings (SSSR count). The molecule has 1 aromatic carbocycles. The van der Waals surface area contributed by atoms with Gasteiger partial charge in [0.25, 0.3) is 0 Å². The van der Waals surface area contributed by atoms with E-state index in [4.69, 9.17) is 28.9 Å². The summed E-state index contributed by atoms with van der Waals surface area (Å²) in [6.07, 6.45) is 0. The van der Waals surface area contributed by atoms with E-state index in [-0.39, 0.29) is 0 Å². The Labute approximate surface area is 103 Å². The number of nitrogens with one attached hydrogen (secondary N) is 2. The molecule has 0 saturated carbocycles. The standard InChI is InChI=1S/C9H11Cl2N5/c10-7-3-6(12)4-8(11)9(7)14-15-16-2-1-13-5-16/h3-4,13H,1-2,5H2,(H2,12,15)/p+1. The maximum absolute atomic E-state index is 6.00. The van der Waals surface area contributed by atoms with E-state index >= 15 is 0 Å². The molecule has 0 radical (unpaired) electrons. The highest BCUT2D eigenvalue weighted by atomic mass is 35.5. The van der Waals surface area contributed by atoms with Gasteiger partial charge >= 0.3 is 0 Å². The van der Waals surface area contributed by atoms with Crippen LogP contribution >= 0.6 is 23.2 Å². The molecule has 1 heterocycles. The highest BCUT2D eigenvalue weighted by Gasteiger charge is 2.13. The van der Waals surface area contributed by atoms with Crippen LogP contribution in [0.2, 0.25) is 10.0 Å². The maximum atomic E-state index is 6.00. The Morgan fingerprint density at radius 1 is 1.38 bits per heavy atom. The van der Waals surface area contributed by atoms with Crippen molar-refractivity contribution in [1.82, 2.24) is 5.32 Å². The number of nitrogens with two attached hydrogens (primary N) is 1. The first-order valence-corrected chi connectivity index (χ1v) is 5.59. The van der Waals surface area contributed by atoms with Crippen molar-refractivity contribution in [3.05, 3.63) is 22.2 Å². The van der Waals surface area contributed by atoms with Gasteiger partial charge in [-0.2, -0.15) is 4.70 Å². The summed E-state index contributed by atoms with van der Waals surface area (Å²) in [5.74, 6) is 0. The van der Waals surface area contributed by atoms with Gasteiger partial charge in [0, 0.05) is 12.2 Å². The molecule has 1 saturated heterocycles. The number of hydrogen-bond acceptors (Lipinski definition) is 3. The van der Waals surface area contributed by atoms with E-state index in [0.717, 1.165) is 19.8 Å². The number of nitrogen functional groups attached to an aromatic ring is 1. The molecule has 0 spiro atoms. The highest BCUT2D eigenvalue weighted by molar-refractivity contribution is 6.39. The van der Waals surface area contributed by atoms with Crippen LogP contribution in [0.1, 0.15) is 0 Å². The number of nitrogens with zero attached hydrogens (tertiary/aromatic N) is 2. The summed E-state index contributed by atoms with van der Waals surface area (Å²) in [5.41, 5.74) is 9.55. The van der Waals surface area contributed by atoms with Crippen molar-refractivity contribution < 1.29 is 4.70 Å². The molecule has 0 amide bonds. The molecule has 1 fully saturated rings. The minimum atomic E-state index is 0.459. The molecular weight excluding hydrogens is 249 g/mol. The molecule has 86 valence electrons. The van der Waals surface area contributed by atoms with Crippen molar-refractivity contribution in [1.29, 1.82) is 0 Å². The van der Waals surface area contributed by atoms with Gasteiger partial charge in [-0.1, -0.05) is 23.2 Å². The Kier molecular flexibility index (Phi) is 3.48. The highest BCUT2D eigenvalue weighted by Crippen LogP contribution is 2.32. The fourth-order valence-corrected chi connectivity index (χ4v) is 1.99. The van der Waals surface area contributed by atoms with Crippen molar-refractivity contribution >= 4 is 34.6 Å². The van der Waals surface area contributed by atoms with Gasteiger partial charge in [0.2, 0.25) is 0 Å². The lowest BCUT2D eigenvalue weighted by Gasteiger charge is -2.02. The monoisotopic (exact) mass is 260 g/mol. The lowest BCUT2D eigenvalue weighted by molar-refractivity contribution is -0.574. The van der Waals surface area contributed by atoms with Crippen molar-refractivity contribution in [2.45, 2.75) is 0 Å². The number of anilines is 2. The second kappa shape index (κ2) is 4.86. The van der Waals surface area contributed by atoms with Crippen LogP contribution in [0.25, 0.3) is 0 Å². The van der Waals surface area contributed by atoms with E-state index in [0.29, 0.717) is 21.4 Å². The van der Waals surface area contributed by atoms with E-state index in [9.17, 15) is 0 Å². The van der Waals surface area contributed by atoms with Crippen LogP contribution in [0.5, 0.6) is 0 Å². The predicted molar refractivity (Wildman–Crippen MR) is 64.9 cm³/mol. The zero-order valence-electron chi connectivity index (χ0n) is 8.50. The Morgan fingerprint density at radius 3 is 2.62 bits per heavy atom. The summed E-state index contributed by atoms with van der Waals surface area (Å²) in [6, 6.07) is 3.26. The summed E-state index contributed by atoms with van der Waals surface area (Å²) >= 11 is 12.0. The number of halogens is 2. The van der Waals surface area contributed by atoms with E-state index in [2.05, 4.69) is 16.0 Å². The van der Waals surface area contributed by atoms with Gasteiger partial charge in [-0.3, -0.25) is 5.32 Å². The fourth-order valence-electron chi connectivity index (χ4n) is 1.40. The molecule has 1 aliphatic heterocycles. The molecule has 0 atom stereocenters. The van der Waals surface area contributed by atoms with Crippen LogP contribution in [0, 0.1) is 0 Å². The number of hydrogen-bond donors (Lipinski definition) is 3. The Morgan fingerprint density at radius 2 is 2.06 bits per heavy atom. The zero-order chi connectivity index (χ0) is 11.5. The molecular formula is C9H12Cl2N5+. The lowest BCUT2D eigenvalue weighted by Crippen LogP contribution is -2.11. The summed E-state index contributed by atoms with van der Waals surface area (Å²) in [5, 5.41) is 8.23. The van der Waals surface area contributed by atoms with E-state index < -0.39 is 0 Å². The van der Waals surface area contributed by atoms with Gasteiger partial charge in [-0.25, -0.2) is 0 Å². The van der Waals surface area contributed by atoms with Crippen LogP contribution in [0.4, 0.5) is 11.4 Å². The minimum Gasteiger partial charge on any atom is -0.399 e. The molecule has 16 heavy (non-hydrogen) atoms. The molecule has 1 aromatic rings. The SMILES string of the molecule is Nc1cc(Cl)c(NN=[N+]2CCNC2)c(Cl)c1. The van der Waals surface area contributed by atoms with Gasteiger partial charge < -0.3 is 5.73 Å². The van der Waals surface area contributed by atoms with E-state index in [1.54, 1.807) is 12.1 Å². The summed E-state index contributed by atoms with van der Waals surface area (Å²) in [6.45, 7) is 2.50. The van der Waals surface area contributed by atoms with Crippen LogP contribution in [0.3, 0.4) is 0 Å². The molecule has 0 bridgehead atoms. The van der Waals surface area contributed by atoms with Crippen LogP contribution in [-0.2, 0) is 0 Å². The Balaban J connectivity index is 2.17. The molecule has 5 nitrogen and oxygen atoms in total. The van der Waals surface area contributed by atoms with E-state index in [1.165, 1.54) is 0 Å². The first kappa shape index (κ1) is 11.4. The molecule has 4 N–H and O–H groups in total. The first-order chi connectivity index (χ1) is 7.66. The van der Waals surface area contributed by atoms with E-state index in [1.807, 2.05) is 4.70 Å². The third kappa shape index (κ3) is 2.55. The third-order valence-corrected chi connectivity index (χ3v) is 2.80. The first-order valence-electron chi connectivity index (χ1n) is 4.83. The Hall–Kier alpha value is -1.04. The summed E-state index contributed by atoms with van der Waals surface area (Å²) in [4.78, 5) is 0. The predicted octanol–water partition coefficient (Wildman–Crippen LogP) is 1.93. The lowest BCUT2D eigenvalue weighted by atomic mass is 10.3. The van der Waals surface area contributed by atoms with Crippen LogP contribution in [-0.4, -0.2) is 24.5 Å². The summed E-state index contributed by atoms with van der Waals surface area (Å²) in [7, 11) is 0. The zero-order valence-corrected chi connectivity index (χ0v) is 10.0. The van der Waals surface area contributed by atoms with Crippen molar-refractivity contribution in [3.63, 3.8) is 0 Å². The summed E-state index contributed by atoms with van der Waals surface area (Å²) < 4.78 is 1.85. The van der Waals surface area contributed by atoms with Crippen molar-refractivity contribution in [2.24, 2.45) is 5.22 Å². The second-order valence-electron chi connectivity index (χ2n) is 3.46. The average molecular weight is 261 g/mol. The second-order valence-corrected chi connectivity index (χ2v) is 4.27. The van der Waals surface area contributed by atoms with Crippen LogP contribution < -0.4 is 16.5 Å². The van der Waals surface area contributed by atoms with Crippen molar-refractivity contribution in [3.8, 4) is 0 Å².